The molecule has 106 valence electrons. The Balaban J connectivity index is 2.02. The molecule has 0 saturated carbocycles. The lowest BCUT2D eigenvalue weighted by atomic mass is 9.90. The van der Waals surface area contributed by atoms with E-state index >= 15 is 0 Å². The van der Waals surface area contributed by atoms with Crippen LogP contribution in [-0.4, -0.2) is 19.8 Å². The van der Waals surface area contributed by atoms with Crippen LogP contribution in [0.4, 0.5) is 0 Å². The van der Waals surface area contributed by atoms with Gasteiger partial charge in [0.05, 0.1) is 12.7 Å². The molecule has 1 saturated heterocycles. The molecule has 1 aliphatic rings. The molecular formula is C17H27NO. The predicted octanol–water partition coefficient (Wildman–Crippen LogP) is 3.71. The van der Waals surface area contributed by atoms with E-state index in [0.717, 1.165) is 13.0 Å². The molecule has 0 aromatic heterocycles. The maximum Gasteiger partial charge on any atom is 0.0551 e. The molecule has 1 N–H and O–H groups in total. The SMILES string of the molecule is CCCCc1ccc(C(NC)C2COC(C)C2)cc1. The average molecular weight is 261 g/mol. The lowest BCUT2D eigenvalue weighted by molar-refractivity contribution is 0.117. The molecule has 3 atom stereocenters. The summed E-state index contributed by atoms with van der Waals surface area (Å²) in [5.74, 6) is 0.599. The zero-order valence-electron chi connectivity index (χ0n) is 12.5. The zero-order valence-corrected chi connectivity index (χ0v) is 12.5. The second-order valence-electron chi connectivity index (χ2n) is 5.75. The summed E-state index contributed by atoms with van der Waals surface area (Å²) in [6.45, 7) is 5.29. The third kappa shape index (κ3) is 3.80. The molecule has 2 heteroatoms. The number of hydrogen-bond donors (Lipinski definition) is 1. The molecular weight excluding hydrogens is 234 g/mol. The normalized spacial score (nSPS) is 24.6. The smallest absolute Gasteiger partial charge is 0.0551 e. The van der Waals surface area contributed by atoms with Crippen LogP contribution in [0.3, 0.4) is 0 Å². The second kappa shape index (κ2) is 7.06. The lowest BCUT2D eigenvalue weighted by Gasteiger charge is -2.22. The van der Waals surface area contributed by atoms with Crippen LogP contribution >= 0.6 is 0 Å². The van der Waals surface area contributed by atoms with Crippen molar-refractivity contribution >= 4 is 0 Å². The van der Waals surface area contributed by atoms with Crippen LogP contribution in [0.5, 0.6) is 0 Å². The first-order valence-electron chi connectivity index (χ1n) is 7.62. The molecule has 0 bridgehead atoms. The van der Waals surface area contributed by atoms with Gasteiger partial charge in [-0.05, 0) is 44.4 Å². The first kappa shape index (κ1) is 14.5. The Hall–Kier alpha value is -0.860. The second-order valence-corrected chi connectivity index (χ2v) is 5.75. The van der Waals surface area contributed by atoms with E-state index in [-0.39, 0.29) is 0 Å². The van der Waals surface area contributed by atoms with E-state index < -0.39 is 0 Å². The highest BCUT2D eigenvalue weighted by atomic mass is 16.5. The summed E-state index contributed by atoms with van der Waals surface area (Å²) in [5, 5.41) is 3.46. The van der Waals surface area contributed by atoms with Gasteiger partial charge in [0.15, 0.2) is 0 Å². The molecule has 0 radical (unpaired) electrons. The van der Waals surface area contributed by atoms with Gasteiger partial charge in [-0.25, -0.2) is 0 Å². The fraction of sp³-hybridized carbons (Fsp3) is 0.647. The van der Waals surface area contributed by atoms with Gasteiger partial charge in [-0.3, -0.25) is 0 Å². The molecule has 1 aromatic rings. The van der Waals surface area contributed by atoms with E-state index in [9.17, 15) is 0 Å². The molecule has 0 amide bonds. The number of aryl methyl sites for hydroxylation is 1. The van der Waals surface area contributed by atoms with Crippen LogP contribution in [0.2, 0.25) is 0 Å². The fourth-order valence-corrected chi connectivity index (χ4v) is 3.03. The molecule has 1 heterocycles. The Bertz CT molecular complexity index is 373. The minimum atomic E-state index is 0.407. The third-order valence-electron chi connectivity index (χ3n) is 4.17. The zero-order chi connectivity index (χ0) is 13.7. The van der Waals surface area contributed by atoms with E-state index in [0.29, 0.717) is 18.1 Å². The summed E-state index contributed by atoms with van der Waals surface area (Å²) in [6.07, 6.45) is 5.30. The van der Waals surface area contributed by atoms with Crippen molar-refractivity contribution in [3.63, 3.8) is 0 Å². The van der Waals surface area contributed by atoms with Crippen molar-refractivity contribution in [3.8, 4) is 0 Å². The van der Waals surface area contributed by atoms with E-state index in [1.807, 2.05) is 0 Å². The number of nitrogens with one attached hydrogen (secondary N) is 1. The molecule has 19 heavy (non-hydrogen) atoms. The van der Waals surface area contributed by atoms with Crippen molar-refractivity contribution in [1.29, 1.82) is 0 Å². The predicted molar refractivity (Wildman–Crippen MR) is 80.4 cm³/mol. The summed E-state index contributed by atoms with van der Waals surface area (Å²) in [5.41, 5.74) is 2.85. The first-order valence-corrected chi connectivity index (χ1v) is 7.62. The van der Waals surface area contributed by atoms with E-state index in [1.165, 1.54) is 30.4 Å². The van der Waals surface area contributed by atoms with Crippen LogP contribution < -0.4 is 5.32 Å². The topological polar surface area (TPSA) is 21.3 Å². The van der Waals surface area contributed by atoms with Gasteiger partial charge in [-0.2, -0.15) is 0 Å². The van der Waals surface area contributed by atoms with Crippen molar-refractivity contribution in [2.45, 2.75) is 51.7 Å². The van der Waals surface area contributed by atoms with Crippen LogP contribution in [0.15, 0.2) is 24.3 Å². The summed E-state index contributed by atoms with van der Waals surface area (Å²) < 4.78 is 5.71. The van der Waals surface area contributed by atoms with Gasteiger partial charge in [-0.15, -0.1) is 0 Å². The minimum absolute atomic E-state index is 0.407. The van der Waals surface area contributed by atoms with Crippen molar-refractivity contribution in [3.05, 3.63) is 35.4 Å². The summed E-state index contributed by atoms with van der Waals surface area (Å²) in [4.78, 5) is 0. The van der Waals surface area contributed by atoms with Gasteiger partial charge < -0.3 is 10.1 Å². The van der Waals surface area contributed by atoms with Crippen molar-refractivity contribution in [2.24, 2.45) is 5.92 Å². The van der Waals surface area contributed by atoms with Crippen molar-refractivity contribution < 1.29 is 4.74 Å². The molecule has 1 aromatic carbocycles. The maximum absolute atomic E-state index is 5.71. The first-order chi connectivity index (χ1) is 9.24. The van der Waals surface area contributed by atoms with Gasteiger partial charge in [0.2, 0.25) is 0 Å². The maximum atomic E-state index is 5.71. The number of benzene rings is 1. The fourth-order valence-electron chi connectivity index (χ4n) is 3.03. The Morgan fingerprint density at radius 3 is 2.58 bits per heavy atom. The van der Waals surface area contributed by atoms with Crippen LogP contribution in [-0.2, 0) is 11.2 Å². The largest absolute Gasteiger partial charge is 0.378 e. The van der Waals surface area contributed by atoms with Gasteiger partial charge in [0.25, 0.3) is 0 Å². The Morgan fingerprint density at radius 1 is 1.32 bits per heavy atom. The molecule has 1 aliphatic heterocycles. The van der Waals surface area contributed by atoms with E-state index in [1.54, 1.807) is 0 Å². The van der Waals surface area contributed by atoms with Crippen molar-refractivity contribution in [2.75, 3.05) is 13.7 Å². The summed E-state index contributed by atoms with van der Waals surface area (Å²) in [6, 6.07) is 9.57. The Labute approximate surface area is 117 Å². The molecule has 2 rings (SSSR count). The average Bonchev–Trinajstić information content (AvgIpc) is 2.85. The highest BCUT2D eigenvalue weighted by molar-refractivity contribution is 5.26. The van der Waals surface area contributed by atoms with Gasteiger partial charge in [0.1, 0.15) is 0 Å². The standard InChI is InChI=1S/C17H27NO/c1-4-5-6-14-7-9-15(10-8-14)17(18-3)16-11-13(2)19-12-16/h7-10,13,16-18H,4-6,11-12H2,1-3H3. The summed E-state index contributed by atoms with van der Waals surface area (Å²) in [7, 11) is 2.05. The number of unbranched alkanes of at least 4 members (excludes halogenated alkanes) is 1. The molecule has 0 spiro atoms. The lowest BCUT2D eigenvalue weighted by Crippen LogP contribution is -2.25. The van der Waals surface area contributed by atoms with Crippen LogP contribution in [0.25, 0.3) is 0 Å². The number of ether oxygens (including phenoxy) is 1. The van der Waals surface area contributed by atoms with Crippen molar-refractivity contribution in [1.82, 2.24) is 5.32 Å². The number of hydrogen-bond acceptors (Lipinski definition) is 2. The molecule has 3 unspecified atom stereocenters. The molecule has 2 nitrogen and oxygen atoms in total. The minimum Gasteiger partial charge on any atom is -0.378 e. The summed E-state index contributed by atoms with van der Waals surface area (Å²) >= 11 is 0. The van der Waals surface area contributed by atoms with Gasteiger partial charge in [-0.1, -0.05) is 37.6 Å². The Morgan fingerprint density at radius 2 is 2.05 bits per heavy atom. The molecule has 1 fully saturated rings. The van der Waals surface area contributed by atoms with Gasteiger partial charge in [0, 0.05) is 12.0 Å². The molecule has 0 aliphatic carbocycles. The number of rotatable bonds is 6. The Kier molecular flexibility index (Phi) is 5.41. The monoisotopic (exact) mass is 261 g/mol. The highest BCUT2D eigenvalue weighted by Crippen LogP contribution is 2.31. The van der Waals surface area contributed by atoms with E-state index in [2.05, 4.69) is 50.5 Å². The van der Waals surface area contributed by atoms with Crippen LogP contribution in [0, 0.1) is 5.92 Å². The quantitative estimate of drug-likeness (QED) is 0.843. The van der Waals surface area contributed by atoms with Crippen LogP contribution in [0.1, 0.15) is 50.3 Å². The van der Waals surface area contributed by atoms with E-state index in [4.69, 9.17) is 4.74 Å². The highest BCUT2D eigenvalue weighted by Gasteiger charge is 2.29. The third-order valence-corrected chi connectivity index (χ3v) is 4.17. The van der Waals surface area contributed by atoms with Gasteiger partial charge >= 0.3 is 0 Å².